The van der Waals surface area contributed by atoms with Crippen LogP contribution in [-0.4, -0.2) is 22.6 Å². The van der Waals surface area contributed by atoms with Crippen molar-refractivity contribution < 1.29 is 9.59 Å². The fraction of sp³-hybridized carbons (Fsp3) is 0.300. The Bertz CT molecular complexity index is 903. The molecule has 138 valence electrons. The minimum Gasteiger partial charge on any atom is -0.326 e. The number of hydrogen-bond donors (Lipinski definition) is 2. The maximum absolute atomic E-state index is 12.2. The topological polar surface area (TPSA) is 94.9 Å². The van der Waals surface area contributed by atoms with Gasteiger partial charge in [0.25, 0.3) is 0 Å². The first-order valence-corrected chi connectivity index (χ1v) is 9.77. The SMILES string of the molecule is CC(=O)Nc1ccc(NC(=O)CSc2nc3c(cc2C#N)CCCC3)cc1. The first-order valence-electron chi connectivity index (χ1n) is 8.78. The van der Waals surface area contributed by atoms with Gasteiger partial charge in [-0.1, -0.05) is 11.8 Å². The minimum atomic E-state index is -0.171. The van der Waals surface area contributed by atoms with Gasteiger partial charge in [0.15, 0.2) is 0 Å². The number of aromatic nitrogens is 1. The van der Waals surface area contributed by atoms with Crippen molar-refractivity contribution in [1.82, 2.24) is 4.98 Å². The summed E-state index contributed by atoms with van der Waals surface area (Å²) in [5, 5.41) is 15.5. The molecule has 0 spiro atoms. The quantitative estimate of drug-likeness (QED) is 0.774. The molecule has 2 aromatic rings. The third-order valence-corrected chi connectivity index (χ3v) is 5.21. The van der Waals surface area contributed by atoms with E-state index in [0.717, 1.165) is 36.9 Å². The second kappa shape index (κ2) is 8.69. The van der Waals surface area contributed by atoms with Crippen LogP contribution in [0.15, 0.2) is 35.4 Å². The number of carbonyl (C=O) groups excluding carboxylic acids is 2. The van der Waals surface area contributed by atoms with Crippen molar-refractivity contribution in [3.05, 3.63) is 47.2 Å². The average molecular weight is 380 g/mol. The zero-order valence-electron chi connectivity index (χ0n) is 15.0. The number of anilines is 2. The van der Waals surface area contributed by atoms with Crippen LogP contribution in [-0.2, 0) is 22.4 Å². The number of nitrogens with zero attached hydrogens (tertiary/aromatic N) is 2. The Morgan fingerprint density at radius 3 is 2.48 bits per heavy atom. The Balaban J connectivity index is 1.60. The highest BCUT2D eigenvalue weighted by atomic mass is 32.2. The van der Waals surface area contributed by atoms with Crippen LogP contribution in [0.3, 0.4) is 0 Å². The van der Waals surface area contributed by atoms with Gasteiger partial charge >= 0.3 is 0 Å². The van der Waals surface area contributed by atoms with Crippen LogP contribution in [0.1, 0.15) is 36.6 Å². The summed E-state index contributed by atoms with van der Waals surface area (Å²) in [6, 6.07) is 11.0. The van der Waals surface area contributed by atoms with Crippen molar-refractivity contribution in [3.63, 3.8) is 0 Å². The molecule has 0 bridgehead atoms. The second-order valence-electron chi connectivity index (χ2n) is 6.36. The number of fused-ring (bicyclic) bond motifs is 1. The molecule has 1 aromatic heterocycles. The van der Waals surface area contributed by atoms with Crippen LogP contribution >= 0.6 is 11.8 Å². The van der Waals surface area contributed by atoms with Gasteiger partial charge < -0.3 is 10.6 Å². The van der Waals surface area contributed by atoms with Gasteiger partial charge in [-0.3, -0.25) is 9.59 Å². The van der Waals surface area contributed by atoms with Crippen LogP contribution in [0, 0.1) is 11.3 Å². The molecule has 27 heavy (non-hydrogen) atoms. The summed E-state index contributed by atoms with van der Waals surface area (Å²) < 4.78 is 0. The molecule has 7 heteroatoms. The lowest BCUT2D eigenvalue weighted by atomic mass is 9.95. The van der Waals surface area contributed by atoms with E-state index in [1.165, 1.54) is 18.7 Å². The molecule has 0 atom stereocenters. The van der Waals surface area contributed by atoms with E-state index < -0.39 is 0 Å². The largest absolute Gasteiger partial charge is 0.326 e. The Labute approximate surface area is 162 Å². The van der Waals surface area contributed by atoms with Crippen molar-refractivity contribution >= 4 is 35.0 Å². The third kappa shape index (κ3) is 5.08. The number of thioether (sulfide) groups is 1. The van der Waals surface area contributed by atoms with E-state index in [4.69, 9.17) is 0 Å². The number of carbonyl (C=O) groups is 2. The lowest BCUT2D eigenvalue weighted by Crippen LogP contribution is -2.15. The van der Waals surface area contributed by atoms with Crippen LogP contribution in [0.25, 0.3) is 0 Å². The van der Waals surface area contributed by atoms with Crippen molar-refractivity contribution in [1.29, 1.82) is 5.26 Å². The van der Waals surface area contributed by atoms with E-state index in [0.29, 0.717) is 22.0 Å². The van der Waals surface area contributed by atoms with E-state index >= 15 is 0 Å². The zero-order valence-corrected chi connectivity index (χ0v) is 15.9. The minimum absolute atomic E-state index is 0.144. The number of rotatable bonds is 5. The number of nitriles is 1. The Morgan fingerprint density at radius 1 is 1.15 bits per heavy atom. The van der Waals surface area contributed by atoms with Gasteiger partial charge in [0.05, 0.1) is 11.3 Å². The number of nitrogens with one attached hydrogen (secondary N) is 2. The predicted molar refractivity (Wildman–Crippen MR) is 106 cm³/mol. The van der Waals surface area contributed by atoms with Gasteiger partial charge in [-0.2, -0.15) is 5.26 Å². The summed E-state index contributed by atoms with van der Waals surface area (Å²) in [6.07, 6.45) is 4.15. The van der Waals surface area contributed by atoms with E-state index in [-0.39, 0.29) is 17.6 Å². The Hall–Kier alpha value is -2.85. The van der Waals surface area contributed by atoms with Crippen LogP contribution < -0.4 is 10.6 Å². The highest BCUT2D eigenvalue weighted by molar-refractivity contribution is 8.00. The number of benzene rings is 1. The van der Waals surface area contributed by atoms with Crippen molar-refractivity contribution in [3.8, 4) is 6.07 Å². The summed E-state index contributed by atoms with van der Waals surface area (Å²) in [6.45, 7) is 1.44. The molecule has 0 aliphatic heterocycles. The average Bonchev–Trinajstić information content (AvgIpc) is 2.66. The van der Waals surface area contributed by atoms with E-state index in [1.54, 1.807) is 24.3 Å². The number of aryl methyl sites for hydroxylation is 2. The molecular weight excluding hydrogens is 360 g/mol. The van der Waals surface area contributed by atoms with Gasteiger partial charge in [-0.15, -0.1) is 0 Å². The van der Waals surface area contributed by atoms with E-state index in [1.807, 2.05) is 6.07 Å². The molecule has 0 fully saturated rings. The van der Waals surface area contributed by atoms with Gasteiger partial charge in [-0.05, 0) is 61.6 Å². The van der Waals surface area contributed by atoms with Gasteiger partial charge in [0.1, 0.15) is 11.1 Å². The molecule has 2 amide bonds. The maximum atomic E-state index is 12.2. The number of hydrogen-bond acceptors (Lipinski definition) is 5. The summed E-state index contributed by atoms with van der Waals surface area (Å²) in [5.41, 5.74) is 4.07. The monoisotopic (exact) mass is 380 g/mol. The summed E-state index contributed by atoms with van der Waals surface area (Å²) in [5.74, 6) is -0.141. The molecular formula is C20H20N4O2S. The molecule has 2 N–H and O–H groups in total. The molecule has 6 nitrogen and oxygen atoms in total. The summed E-state index contributed by atoms with van der Waals surface area (Å²) in [4.78, 5) is 27.9. The van der Waals surface area contributed by atoms with Crippen molar-refractivity contribution in [2.24, 2.45) is 0 Å². The predicted octanol–water partition coefficient (Wildman–Crippen LogP) is 3.52. The van der Waals surface area contributed by atoms with Gasteiger partial charge in [0.2, 0.25) is 11.8 Å². The van der Waals surface area contributed by atoms with Crippen LogP contribution in [0.5, 0.6) is 0 Å². The summed E-state index contributed by atoms with van der Waals surface area (Å²) >= 11 is 1.28. The normalized spacial score (nSPS) is 12.6. The maximum Gasteiger partial charge on any atom is 0.234 e. The molecule has 0 unspecified atom stereocenters. The Kier molecular flexibility index (Phi) is 6.09. The fourth-order valence-corrected chi connectivity index (χ4v) is 3.75. The van der Waals surface area contributed by atoms with Crippen molar-refractivity contribution in [2.75, 3.05) is 16.4 Å². The van der Waals surface area contributed by atoms with Crippen molar-refractivity contribution in [2.45, 2.75) is 37.6 Å². The Morgan fingerprint density at radius 2 is 1.81 bits per heavy atom. The standard InChI is InChI=1S/C20H20N4O2S/c1-13(25)22-16-6-8-17(9-7-16)23-19(26)12-27-20-15(11-21)10-14-4-2-3-5-18(14)24-20/h6-10H,2-5,12H2,1H3,(H,22,25)(H,23,26). The lowest BCUT2D eigenvalue weighted by molar-refractivity contribution is -0.114. The molecule has 1 aromatic carbocycles. The highest BCUT2D eigenvalue weighted by Crippen LogP contribution is 2.27. The van der Waals surface area contributed by atoms with Gasteiger partial charge in [0, 0.05) is 24.0 Å². The van der Waals surface area contributed by atoms with E-state index in [2.05, 4.69) is 21.7 Å². The molecule has 1 heterocycles. The van der Waals surface area contributed by atoms with Crippen LogP contribution in [0.4, 0.5) is 11.4 Å². The number of pyridine rings is 1. The first-order chi connectivity index (χ1) is 13.0. The second-order valence-corrected chi connectivity index (χ2v) is 7.33. The molecule has 0 saturated heterocycles. The first kappa shape index (κ1) is 18.9. The molecule has 3 rings (SSSR count). The zero-order chi connectivity index (χ0) is 19.2. The lowest BCUT2D eigenvalue weighted by Gasteiger charge is -2.16. The smallest absolute Gasteiger partial charge is 0.234 e. The summed E-state index contributed by atoms with van der Waals surface area (Å²) in [7, 11) is 0. The number of amides is 2. The molecule has 0 radical (unpaired) electrons. The highest BCUT2D eigenvalue weighted by Gasteiger charge is 2.16. The molecule has 1 aliphatic rings. The molecule has 0 saturated carbocycles. The molecule has 1 aliphatic carbocycles. The fourth-order valence-electron chi connectivity index (χ4n) is 2.98. The van der Waals surface area contributed by atoms with E-state index in [9.17, 15) is 14.9 Å². The van der Waals surface area contributed by atoms with Gasteiger partial charge in [-0.25, -0.2) is 4.98 Å². The van der Waals surface area contributed by atoms with Crippen LogP contribution in [0.2, 0.25) is 0 Å². The third-order valence-electron chi connectivity index (χ3n) is 4.22.